The number of carbonyl (C=O) groups is 1. The van der Waals surface area contributed by atoms with Crippen LogP contribution in [0.1, 0.15) is 16.7 Å². The van der Waals surface area contributed by atoms with Gasteiger partial charge in [-0.05, 0) is 43.5 Å². The highest BCUT2D eigenvalue weighted by Crippen LogP contribution is 2.27. The molecule has 0 aliphatic rings. The van der Waals surface area contributed by atoms with E-state index < -0.39 is 12.1 Å². The van der Waals surface area contributed by atoms with Gasteiger partial charge in [0.1, 0.15) is 0 Å². The van der Waals surface area contributed by atoms with Crippen molar-refractivity contribution in [2.45, 2.75) is 26.9 Å². The molecule has 0 aromatic heterocycles. The highest BCUT2D eigenvalue weighted by molar-refractivity contribution is 5.97. The van der Waals surface area contributed by atoms with Crippen LogP contribution < -0.4 is 4.90 Å². The van der Waals surface area contributed by atoms with Crippen LogP contribution in [0.25, 0.3) is 0 Å². The third-order valence-electron chi connectivity index (χ3n) is 2.72. The lowest BCUT2D eigenvalue weighted by atomic mass is 10.0. The molecule has 0 saturated heterocycles. The summed E-state index contributed by atoms with van der Waals surface area (Å²) in [6.45, 7) is 5.35. The normalized spacial score (nSPS) is 11.5. The number of nitrogens with zero attached hydrogens (tertiary/aromatic N) is 1. The number of hydrogen-bond acceptors (Lipinski definition) is 1. The third-order valence-corrected chi connectivity index (χ3v) is 2.72. The Morgan fingerprint density at radius 2 is 1.53 bits per heavy atom. The number of amides is 1. The Hall–Kier alpha value is -1.52. The van der Waals surface area contributed by atoms with Gasteiger partial charge < -0.3 is 4.90 Å². The van der Waals surface area contributed by atoms with Gasteiger partial charge in [0.25, 0.3) is 0 Å². The van der Waals surface area contributed by atoms with Gasteiger partial charge in [0.2, 0.25) is 0 Å². The summed E-state index contributed by atoms with van der Waals surface area (Å²) in [6.07, 6.45) is -4.85. The van der Waals surface area contributed by atoms with Crippen LogP contribution in [0.3, 0.4) is 0 Å². The SMILES string of the molecule is Cc1cc(C)c(N(C)C(=O)C(F)(F)F)cc1C. The van der Waals surface area contributed by atoms with Crippen molar-refractivity contribution in [2.75, 3.05) is 11.9 Å². The molecule has 1 aromatic rings. The van der Waals surface area contributed by atoms with Crippen molar-refractivity contribution in [2.24, 2.45) is 0 Å². The van der Waals surface area contributed by atoms with Crippen molar-refractivity contribution in [3.8, 4) is 0 Å². The fourth-order valence-corrected chi connectivity index (χ4v) is 1.61. The number of rotatable bonds is 1. The molecule has 0 aliphatic carbocycles. The zero-order valence-electron chi connectivity index (χ0n) is 10.1. The van der Waals surface area contributed by atoms with Crippen molar-refractivity contribution < 1.29 is 18.0 Å². The lowest BCUT2D eigenvalue weighted by Gasteiger charge is -2.21. The number of carbonyl (C=O) groups excluding carboxylic acids is 1. The van der Waals surface area contributed by atoms with E-state index in [4.69, 9.17) is 0 Å². The van der Waals surface area contributed by atoms with E-state index in [2.05, 4.69) is 0 Å². The van der Waals surface area contributed by atoms with Gasteiger partial charge in [-0.25, -0.2) is 0 Å². The molecule has 0 radical (unpaired) electrons. The van der Waals surface area contributed by atoms with E-state index in [1.165, 1.54) is 0 Å². The second-order valence-electron chi connectivity index (χ2n) is 4.08. The molecule has 0 saturated carbocycles. The molecule has 0 N–H and O–H groups in total. The van der Waals surface area contributed by atoms with Gasteiger partial charge in [-0.3, -0.25) is 4.79 Å². The predicted octanol–water partition coefficient (Wildman–Crippen LogP) is 3.14. The van der Waals surface area contributed by atoms with Gasteiger partial charge in [-0.2, -0.15) is 13.2 Å². The minimum atomic E-state index is -4.85. The summed E-state index contributed by atoms with van der Waals surface area (Å²) in [4.78, 5) is 11.8. The van der Waals surface area contributed by atoms with Crippen molar-refractivity contribution >= 4 is 11.6 Å². The van der Waals surface area contributed by atoms with Crippen LogP contribution in [0.2, 0.25) is 0 Å². The highest BCUT2D eigenvalue weighted by Gasteiger charge is 2.41. The quantitative estimate of drug-likeness (QED) is 0.744. The average molecular weight is 245 g/mol. The summed E-state index contributed by atoms with van der Waals surface area (Å²) in [6, 6.07) is 3.36. The Kier molecular flexibility index (Phi) is 3.50. The maximum absolute atomic E-state index is 12.3. The first-order valence-electron chi connectivity index (χ1n) is 5.07. The number of aryl methyl sites for hydroxylation is 3. The Morgan fingerprint density at radius 1 is 1.06 bits per heavy atom. The summed E-state index contributed by atoms with van der Waals surface area (Å²) in [5.41, 5.74) is 2.77. The molecule has 1 rings (SSSR count). The van der Waals surface area contributed by atoms with Crippen LogP contribution in [-0.4, -0.2) is 19.1 Å². The molecule has 1 amide bonds. The van der Waals surface area contributed by atoms with E-state index in [0.29, 0.717) is 10.5 Å². The van der Waals surface area contributed by atoms with Crippen LogP contribution in [-0.2, 0) is 4.79 Å². The van der Waals surface area contributed by atoms with Crippen LogP contribution >= 0.6 is 0 Å². The molecule has 0 spiro atoms. The van der Waals surface area contributed by atoms with E-state index in [1.807, 2.05) is 6.92 Å². The number of hydrogen-bond donors (Lipinski definition) is 0. The van der Waals surface area contributed by atoms with E-state index in [-0.39, 0.29) is 5.69 Å². The summed E-state index contributed by atoms with van der Waals surface area (Å²) in [7, 11) is 1.13. The minimum Gasteiger partial charge on any atom is -0.307 e. The summed E-state index contributed by atoms with van der Waals surface area (Å²) in [5.74, 6) is -1.86. The van der Waals surface area contributed by atoms with Crippen LogP contribution in [0.5, 0.6) is 0 Å². The fraction of sp³-hybridized carbons (Fsp3) is 0.417. The zero-order valence-corrected chi connectivity index (χ0v) is 10.1. The zero-order chi connectivity index (χ0) is 13.4. The largest absolute Gasteiger partial charge is 0.471 e. The topological polar surface area (TPSA) is 20.3 Å². The monoisotopic (exact) mass is 245 g/mol. The Balaban J connectivity index is 3.17. The Labute approximate surface area is 98.0 Å². The summed E-state index contributed by atoms with van der Waals surface area (Å²) in [5, 5.41) is 0. The number of benzene rings is 1. The molecular formula is C12H14F3NO. The predicted molar refractivity (Wildman–Crippen MR) is 60.1 cm³/mol. The molecule has 2 nitrogen and oxygen atoms in total. The molecule has 0 bridgehead atoms. The van der Waals surface area contributed by atoms with Crippen molar-refractivity contribution in [1.82, 2.24) is 0 Å². The maximum Gasteiger partial charge on any atom is 0.471 e. The van der Waals surface area contributed by atoms with Gasteiger partial charge in [0.15, 0.2) is 0 Å². The van der Waals surface area contributed by atoms with Crippen LogP contribution in [0.4, 0.5) is 18.9 Å². The third kappa shape index (κ3) is 2.78. The summed E-state index contributed by atoms with van der Waals surface area (Å²) >= 11 is 0. The second kappa shape index (κ2) is 4.39. The Morgan fingerprint density at radius 3 is 2.00 bits per heavy atom. The van der Waals surface area contributed by atoms with Gasteiger partial charge in [0.05, 0.1) is 0 Å². The minimum absolute atomic E-state index is 0.287. The second-order valence-corrected chi connectivity index (χ2v) is 4.08. The molecule has 0 unspecified atom stereocenters. The van der Waals surface area contributed by atoms with E-state index in [9.17, 15) is 18.0 Å². The van der Waals surface area contributed by atoms with Crippen LogP contribution in [0, 0.1) is 20.8 Å². The molecule has 17 heavy (non-hydrogen) atoms. The van der Waals surface area contributed by atoms with Gasteiger partial charge in [-0.15, -0.1) is 0 Å². The van der Waals surface area contributed by atoms with E-state index >= 15 is 0 Å². The van der Waals surface area contributed by atoms with Crippen molar-refractivity contribution in [3.63, 3.8) is 0 Å². The molecule has 0 atom stereocenters. The maximum atomic E-state index is 12.3. The van der Waals surface area contributed by atoms with Crippen LogP contribution in [0.15, 0.2) is 12.1 Å². The van der Waals surface area contributed by atoms with E-state index in [1.54, 1.807) is 26.0 Å². The van der Waals surface area contributed by atoms with E-state index in [0.717, 1.165) is 18.2 Å². The standard InChI is InChI=1S/C12H14F3NO/c1-7-5-9(3)10(6-8(7)2)16(4)11(17)12(13,14)15/h5-6H,1-4H3. The smallest absolute Gasteiger partial charge is 0.307 e. The van der Waals surface area contributed by atoms with Gasteiger partial charge in [-0.1, -0.05) is 6.07 Å². The molecule has 94 valence electrons. The molecule has 5 heteroatoms. The highest BCUT2D eigenvalue weighted by atomic mass is 19.4. The fourth-order valence-electron chi connectivity index (χ4n) is 1.61. The van der Waals surface area contributed by atoms with Crippen molar-refractivity contribution in [3.05, 3.63) is 28.8 Å². The van der Waals surface area contributed by atoms with Gasteiger partial charge in [0, 0.05) is 12.7 Å². The number of anilines is 1. The number of alkyl halides is 3. The first-order chi connectivity index (χ1) is 7.64. The molecular weight excluding hydrogens is 231 g/mol. The van der Waals surface area contributed by atoms with Crippen molar-refractivity contribution in [1.29, 1.82) is 0 Å². The molecule has 0 fully saturated rings. The first-order valence-corrected chi connectivity index (χ1v) is 5.07. The molecule has 0 heterocycles. The Bertz CT molecular complexity index is 452. The summed E-state index contributed by atoms with van der Waals surface area (Å²) < 4.78 is 36.9. The lowest BCUT2D eigenvalue weighted by Crippen LogP contribution is -2.38. The average Bonchev–Trinajstić information content (AvgIpc) is 2.20. The lowest BCUT2D eigenvalue weighted by molar-refractivity contribution is -0.170. The molecule has 1 aromatic carbocycles. The number of halogens is 3. The first kappa shape index (κ1) is 13.5. The van der Waals surface area contributed by atoms with Gasteiger partial charge >= 0.3 is 12.1 Å². The molecule has 0 aliphatic heterocycles.